The molecule has 3 aromatic rings. The van der Waals surface area contributed by atoms with Gasteiger partial charge in [0.2, 0.25) is 0 Å². The van der Waals surface area contributed by atoms with Crippen LogP contribution in [0.5, 0.6) is 0 Å². The Morgan fingerprint density at radius 3 is 2.70 bits per heavy atom. The van der Waals surface area contributed by atoms with Crippen LogP contribution in [0.25, 0.3) is 22.0 Å². The smallest absolute Gasteiger partial charge is 0.250 e. The quantitative estimate of drug-likeness (QED) is 0.531. The molecule has 30 heavy (non-hydrogen) atoms. The zero-order valence-corrected chi connectivity index (χ0v) is 18.6. The number of ether oxygens (including phenoxy) is 1. The maximum absolute atomic E-state index is 12.2. The molecule has 1 saturated heterocycles. The summed E-state index contributed by atoms with van der Waals surface area (Å²) in [6.45, 7) is 3.39. The molecule has 8 heteroatoms. The molecule has 2 aromatic heterocycles. The third-order valence-electron chi connectivity index (χ3n) is 5.66. The number of rotatable bonds is 7. The Kier molecular flexibility index (Phi) is 5.99. The number of aromatic nitrogens is 1. The second kappa shape index (κ2) is 8.53. The molecule has 3 heterocycles. The Balaban J connectivity index is 1.72. The van der Waals surface area contributed by atoms with Gasteiger partial charge in [0.25, 0.3) is 5.91 Å². The van der Waals surface area contributed by atoms with E-state index < -0.39 is 15.7 Å². The molecule has 1 aliphatic rings. The van der Waals surface area contributed by atoms with Crippen molar-refractivity contribution in [2.45, 2.75) is 38.7 Å². The number of H-pyrrole nitrogens is 1. The number of sulfone groups is 1. The number of carbonyl (C=O) groups is 1. The number of hydrogen-bond acceptors (Lipinski definition) is 5. The van der Waals surface area contributed by atoms with Gasteiger partial charge in [0.05, 0.1) is 29.2 Å². The molecule has 0 aliphatic carbocycles. The summed E-state index contributed by atoms with van der Waals surface area (Å²) in [5.74, 6) is 0.0819. The van der Waals surface area contributed by atoms with E-state index in [1.165, 1.54) is 0 Å². The summed E-state index contributed by atoms with van der Waals surface area (Å²) in [6, 6.07) is 6.00. The van der Waals surface area contributed by atoms with Gasteiger partial charge in [-0.05, 0) is 65.4 Å². The van der Waals surface area contributed by atoms with Crippen molar-refractivity contribution >= 4 is 38.0 Å². The second-order valence-corrected chi connectivity index (χ2v) is 11.1. The minimum atomic E-state index is -2.93. The molecule has 0 saturated carbocycles. The lowest BCUT2D eigenvalue weighted by atomic mass is 9.91. The van der Waals surface area contributed by atoms with Crippen molar-refractivity contribution in [1.29, 1.82) is 0 Å². The summed E-state index contributed by atoms with van der Waals surface area (Å²) < 4.78 is 29.3. The molecule has 6 nitrogen and oxygen atoms in total. The largest absolute Gasteiger partial charge is 0.376 e. The van der Waals surface area contributed by atoms with Gasteiger partial charge in [0, 0.05) is 23.1 Å². The van der Waals surface area contributed by atoms with Crippen molar-refractivity contribution in [2.24, 2.45) is 5.73 Å². The molecule has 1 amide bonds. The number of fused-ring (bicyclic) bond motifs is 1. The van der Waals surface area contributed by atoms with E-state index in [4.69, 9.17) is 10.5 Å². The third-order valence-corrected chi connectivity index (χ3v) is 8.29. The number of thiophene rings is 1. The maximum Gasteiger partial charge on any atom is 0.250 e. The van der Waals surface area contributed by atoms with Crippen LogP contribution < -0.4 is 5.73 Å². The molecule has 0 unspecified atom stereocenters. The highest BCUT2D eigenvalue weighted by Crippen LogP contribution is 2.38. The van der Waals surface area contributed by atoms with Crippen LogP contribution in [0.1, 0.15) is 52.9 Å². The first-order valence-corrected chi connectivity index (χ1v) is 12.9. The number of primary amides is 1. The van der Waals surface area contributed by atoms with E-state index >= 15 is 0 Å². The van der Waals surface area contributed by atoms with Gasteiger partial charge in [-0.15, -0.1) is 11.3 Å². The predicted molar refractivity (Wildman–Crippen MR) is 121 cm³/mol. The molecule has 1 aromatic carbocycles. The molecule has 1 fully saturated rings. The molecule has 160 valence electrons. The molecule has 0 bridgehead atoms. The minimum Gasteiger partial charge on any atom is -0.376 e. The zero-order valence-electron chi connectivity index (χ0n) is 16.9. The van der Waals surface area contributed by atoms with E-state index in [0.717, 1.165) is 45.5 Å². The fourth-order valence-electron chi connectivity index (χ4n) is 4.08. The highest BCUT2D eigenvalue weighted by Gasteiger charge is 2.27. The van der Waals surface area contributed by atoms with Gasteiger partial charge in [0.1, 0.15) is 9.84 Å². The van der Waals surface area contributed by atoms with Gasteiger partial charge >= 0.3 is 0 Å². The summed E-state index contributed by atoms with van der Waals surface area (Å²) in [7, 11) is -2.93. The van der Waals surface area contributed by atoms with Crippen LogP contribution in [-0.4, -0.2) is 37.4 Å². The van der Waals surface area contributed by atoms with Gasteiger partial charge in [-0.3, -0.25) is 4.79 Å². The predicted octanol–water partition coefficient (Wildman–Crippen LogP) is 4.21. The fraction of sp³-hybridized carbons (Fsp3) is 0.409. The number of nitrogens with one attached hydrogen (secondary N) is 1. The Morgan fingerprint density at radius 1 is 1.23 bits per heavy atom. The second-order valence-electron chi connectivity index (χ2n) is 7.84. The van der Waals surface area contributed by atoms with Crippen molar-refractivity contribution < 1.29 is 17.9 Å². The van der Waals surface area contributed by atoms with Gasteiger partial charge in [-0.25, -0.2) is 8.42 Å². The van der Waals surface area contributed by atoms with Crippen LogP contribution in [0.3, 0.4) is 0 Å². The van der Waals surface area contributed by atoms with E-state index in [0.29, 0.717) is 25.0 Å². The van der Waals surface area contributed by atoms with E-state index in [1.807, 2.05) is 12.3 Å². The number of aromatic amines is 1. The fourth-order valence-corrected chi connectivity index (χ4v) is 6.40. The average molecular weight is 447 g/mol. The van der Waals surface area contributed by atoms with Crippen LogP contribution >= 0.6 is 11.3 Å². The lowest BCUT2D eigenvalue weighted by molar-refractivity contribution is 0.100. The van der Waals surface area contributed by atoms with Gasteiger partial charge < -0.3 is 15.5 Å². The van der Waals surface area contributed by atoms with E-state index in [1.54, 1.807) is 11.3 Å². The van der Waals surface area contributed by atoms with Gasteiger partial charge in [-0.2, -0.15) is 0 Å². The van der Waals surface area contributed by atoms with Crippen molar-refractivity contribution in [2.75, 3.05) is 18.1 Å². The summed E-state index contributed by atoms with van der Waals surface area (Å²) in [6.07, 6.45) is 4.09. The standard InChI is InChI=1S/C22H26N2O4S2/c1-2-5-28-12-17-8-16(13-29-17)15-9-18-20(14-3-6-30(26,27)7-4-14)11-24-21(18)19(10-15)22(23)25/h8-11,13-14,24H,2-7,12H2,1H3,(H2,23,25). The van der Waals surface area contributed by atoms with Crippen LogP contribution in [0.2, 0.25) is 0 Å². The molecule has 1 aliphatic heterocycles. The summed E-state index contributed by atoms with van der Waals surface area (Å²) in [4.78, 5) is 16.5. The Morgan fingerprint density at radius 2 is 2.00 bits per heavy atom. The highest BCUT2D eigenvalue weighted by molar-refractivity contribution is 7.91. The summed E-state index contributed by atoms with van der Waals surface area (Å²) in [5, 5.41) is 3.01. The molecule has 3 N–H and O–H groups in total. The number of carbonyl (C=O) groups excluding carboxylic acids is 1. The summed E-state index contributed by atoms with van der Waals surface area (Å²) >= 11 is 1.63. The van der Waals surface area contributed by atoms with E-state index in [2.05, 4.69) is 29.4 Å². The first kappa shape index (κ1) is 21.1. The monoisotopic (exact) mass is 446 g/mol. The zero-order chi connectivity index (χ0) is 21.3. The highest BCUT2D eigenvalue weighted by atomic mass is 32.2. The molecule has 4 rings (SSSR count). The maximum atomic E-state index is 12.2. The van der Waals surface area contributed by atoms with Crippen molar-refractivity contribution in [1.82, 2.24) is 4.98 Å². The summed E-state index contributed by atoms with van der Waals surface area (Å²) in [5.41, 5.74) is 9.87. The number of hydrogen-bond donors (Lipinski definition) is 2. The molecule has 0 spiro atoms. The molecular weight excluding hydrogens is 420 g/mol. The molecule has 0 atom stereocenters. The minimum absolute atomic E-state index is 0.152. The van der Waals surface area contributed by atoms with Crippen LogP contribution in [0.15, 0.2) is 29.8 Å². The van der Waals surface area contributed by atoms with Gasteiger partial charge in [-0.1, -0.05) is 6.92 Å². The Hall–Kier alpha value is -2.16. The van der Waals surface area contributed by atoms with Crippen molar-refractivity contribution in [3.8, 4) is 11.1 Å². The van der Waals surface area contributed by atoms with E-state index in [-0.39, 0.29) is 17.4 Å². The lowest BCUT2D eigenvalue weighted by Crippen LogP contribution is -2.22. The van der Waals surface area contributed by atoms with Crippen molar-refractivity contribution in [3.05, 3.63) is 45.8 Å². The van der Waals surface area contributed by atoms with Crippen LogP contribution in [0.4, 0.5) is 0 Å². The van der Waals surface area contributed by atoms with Crippen LogP contribution in [-0.2, 0) is 21.2 Å². The SMILES string of the molecule is CCCOCc1cc(-c2cc(C(N)=O)c3[nH]cc(C4CCS(=O)(=O)CC4)c3c2)cs1. The van der Waals surface area contributed by atoms with Crippen molar-refractivity contribution in [3.63, 3.8) is 0 Å². The van der Waals surface area contributed by atoms with Gasteiger partial charge in [0.15, 0.2) is 0 Å². The molecular formula is C22H26N2O4S2. The molecule has 0 radical (unpaired) electrons. The Bertz CT molecular complexity index is 1160. The lowest BCUT2D eigenvalue weighted by Gasteiger charge is -2.21. The van der Waals surface area contributed by atoms with E-state index in [9.17, 15) is 13.2 Å². The Labute approximate surface area is 180 Å². The number of benzene rings is 1. The van der Waals surface area contributed by atoms with Crippen LogP contribution in [0, 0.1) is 0 Å². The number of amides is 1. The first-order valence-electron chi connectivity index (χ1n) is 10.2. The third kappa shape index (κ3) is 4.31. The topological polar surface area (TPSA) is 102 Å². The normalized spacial score (nSPS) is 16.8. The first-order chi connectivity index (χ1) is 14.4. The average Bonchev–Trinajstić information content (AvgIpc) is 3.34. The number of nitrogens with two attached hydrogens (primary N) is 1.